The minimum absolute atomic E-state index is 0.0441. The number of methoxy groups -OCH3 is 1. The third-order valence-electron chi connectivity index (χ3n) is 4.92. The Morgan fingerprint density at radius 2 is 1.63 bits per heavy atom. The highest BCUT2D eigenvalue weighted by molar-refractivity contribution is 5.94. The van der Waals surface area contributed by atoms with E-state index in [1.807, 2.05) is 93.0 Å². The third kappa shape index (κ3) is 5.84. The Bertz CT molecular complexity index is 940. The van der Waals surface area contributed by atoms with Gasteiger partial charge in [-0.1, -0.05) is 42.5 Å². The van der Waals surface area contributed by atoms with E-state index < -0.39 is 0 Å². The summed E-state index contributed by atoms with van der Waals surface area (Å²) in [6.07, 6.45) is 0. The molecule has 1 unspecified atom stereocenters. The zero-order chi connectivity index (χ0) is 21.3. The van der Waals surface area contributed by atoms with Crippen molar-refractivity contribution in [2.75, 3.05) is 27.7 Å². The molecule has 0 aliphatic heterocycles. The van der Waals surface area contributed by atoms with Crippen molar-refractivity contribution in [3.63, 3.8) is 0 Å². The lowest BCUT2D eigenvalue weighted by Crippen LogP contribution is -2.34. The highest BCUT2D eigenvalue weighted by Gasteiger charge is 2.16. The van der Waals surface area contributed by atoms with Crippen LogP contribution in [-0.2, 0) is 6.61 Å². The number of para-hydroxylation sites is 1. The summed E-state index contributed by atoms with van der Waals surface area (Å²) in [6.45, 7) is 0.961. The number of likely N-dealkylation sites (N-methyl/N-ethyl adjacent to an activating group) is 1. The van der Waals surface area contributed by atoms with Crippen molar-refractivity contribution in [2.24, 2.45) is 0 Å². The minimum atomic E-state index is -0.0970. The van der Waals surface area contributed by atoms with E-state index in [1.165, 1.54) is 0 Å². The molecule has 0 spiro atoms. The zero-order valence-corrected chi connectivity index (χ0v) is 17.7. The monoisotopic (exact) mass is 404 g/mol. The Kier molecular flexibility index (Phi) is 7.46. The first-order chi connectivity index (χ1) is 14.6. The molecule has 0 aromatic heterocycles. The van der Waals surface area contributed by atoms with E-state index in [2.05, 4.69) is 10.2 Å². The topological polar surface area (TPSA) is 50.8 Å². The molecule has 1 amide bonds. The van der Waals surface area contributed by atoms with Crippen molar-refractivity contribution in [2.45, 2.75) is 12.6 Å². The Morgan fingerprint density at radius 3 is 2.30 bits per heavy atom. The van der Waals surface area contributed by atoms with E-state index in [4.69, 9.17) is 9.47 Å². The van der Waals surface area contributed by atoms with Crippen LogP contribution in [0.4, 0.5) is 0 Å². The van der Waals surface area contributed by atoms with E-state index in [9.17, 15) is 4.79 Å². The maximum absolute atomic E-state index is 12.6. The van der Waals surface area contributed by atoms with Gasteiger partial charge < -0.3 is 19.7 Å². The molecular formula is C25H28N2O3. The van der Waals surface area contributed by atoms with Crippen LogP contribution in [-0.4, -0.2) is 38.6 Å². The summed E-state index contributed by atoms with van der Waals surface area (Å²) in [4.78, 5) is 14.7. The molecule has 0 heterocycles. The molecule has 0 radical (unpaired) electrons. The molecule has 0 bridgehead atoms. The molecule has 0 fully saturated rings. The van der Waals surface area contributed by atoms with Gasteiger partial charge in [0, 0.05) is 12.1 Å². The van der Waals surface area contributed by atoms with Crippen molar-refractivity contribution < 1.29 is 14.3 Å². The van der Waals surface area contributed by atoms with Gasteiger partial charge in [0.25, 0.3) is 5.91 Å². The Morgan fingerprint density at radius 1 is 0.933 bits per heavy atom. The maximum Gasteiger partial charge on any atom is 0.251 e. The van der Waals surface area contributed by atoms with Crippen LogP contribution in [0, 0.1) is 0 Å². The normalized spacial score (nSPS) is 11.7. The second kappa shape index (κ2) is 10.5. The van der Waals surface area contributed by atoms with E-state index in [0.29, 0.717) is 18.7 Å². The quantitative estimate of drug-likeness (QED) is 0.578. The van der Waals surface area contributed by atoms with Gasteiger partial charge in [-0.3, -0.25) is 4.79 Å². The van der Waals surface area contributed by atoms with E-state index in [-0.39, 0.29) is 11.9 Å². The fourth-order valence-corrected chi connectivity index (χ4v) is 3.17. The Balaban J connectivity index is 1.57. The lowest BCUT2D eigenvalue weighted by atomic mass is 10.1. The first-order valence-corrected chi connectivity index (χ1v) is 9.92. The number of hydrogen-bond acceptors (Lipinski definition) is 4. The average Bonchev–Trinajstić information content (AvgIpc) is 2.78. The van der Waals surface area contributed by atoms with Crippen molar-refractivity contribution in [1.82, 2.24) is 10.2 Å². The van der Waals surface area contributed by atoms with Gasteiger partial charge in [-0.05, 0) is 61.6 Å². The predicted octanol–water partition coefficient (Wildman–Crippen LogP) is 4.31. The second-order valence-corrected chi connectivity index (χ2v) is 7.26. The maximum atomic E-state index is 12.6. The minimum Gasteiger partial charge on any atom is -0.497 e. The van der Waals surface area contributed by atoms with Crippen LogP contribution in [0.1, 0.15) is 27.5 Å². The number of carbonyl (C=O) groups is 1. The molecule has 0 aliphatic carbocycles. The number of rotatable bonds is 9. The number of benzene rings is 3. The van der Waals surface area contributed by atoms with Crippen LogP contribution in [0.15, 0.2) is 78.9 Å². The van der Waals surface area contributed by atoms with Crippen LogP contribution in [0.2, 0.25) is 0 Å². The lowest BCUT2D eigenvalue weighted by Gasteiger charge is -2.25. The summed E-state index contributed by atoms with van der Waals surface area (Å²) in [6, 6.07) is 25.1. The zero-order valence-electron chi connectivity index (χ0n) is 17.7. The van der Waals surface area contributed by atoms with Crippen molar-refractivity contribution in [3.05, 3.63) is 95.6 Å². The summed E-state index contributed by atoms with van der Waals surface area (Å²) in [5.74, 6) is 1.53. The number of ether oxygens (including phenoxy) is 2. The molecule has 0 saturated heterocycles. The Hall–Kier alpha value is -3.31. The largest absolute Gasteiger partial charge is 0.497 e. The standard InChI is InChI=1S/C25H28N2O3/c1-27(2)24(21-8-7-11-23(16-21)29-3)17-26-25(28)20-14-12-19(13-15-20)18-30-22-9-5-4-6-10-22/h4-16,24H,17-18H2,1-3H3,(H,26,28). The van der Waals surface area contributed by atoms with Gasteiger partial charge in [-0.15, -0.1) is 0 Å². The SMILES string of the molecule is COc1cccc(C(CNC(=O)c2ccc(COc3ccccc3)cc2)N(C)C)c1. The van der Waals surface area contributed by atoms with Gasteiger partial charge >= 0.3 is 0 Å². The molecule has 3 rings (SSSR count). The second-order valence-electron chi connectivity index (χ2n) is 7.26. The molecule has 3 aromatic carbocycles. The van der Waals surface area contributed by atoms with Crippen LogP contribution in [0.5, 0.6) is 11.5 Å². The number of amides is 1. The highest BCUT2D eigenvalue weighted by atomic mass is 16.5. The van der Waals surface area contributed by atoms with Crippen LogP contribution >= 0.6 is 0 Å². The summed E-state index contributed by atoms with van der Waals surface area (Å²) >= 11 is 0. The molecule has 5 heteroatoms. The lowest BCUT2D eigenvalue weighted by molar-refractivity contribution is 0.0942. The van der Waals surface area contributed by atoms with Gasteiger partial charge in [0.05, 0.1) is 13.2 Å². The molecule has 30 heavy (non-hydrogen) atoms. The fraction of sp³-hybridized carbons (Fsp3) is 0.240. The molecular weight excluding hydrogens is 376 g/mol. The summed E-state index contributed by atoms with van der Waals surface area (Å²) in [5.41, 5.74) is 2.73. The first-order valence-electron chi connectivity index (χ1n) is 9.92. The molecule has 5 nitrogen and oxygen atoms in total. The van der Waals surface area contributed by atoms with E-state index >= 15 is 0 Å². The van der Waals surface area contributed by atoms with Crippen LogP contribution in [0.25, 0.3) is 0 Å². The predicted molar refractivity (Wildman–Crippen MR) is 119 cm³/mol. The Labute approximate surface area is 178 Å². The smallest absolute Gasteiger partial charge is 0.251 e. The molecule has 156 valence electrons. The van der Waals surface area contributed by atoms with Gasteiger partial charge in [0.2, 0.25) is 0 Å². The van der Waals surface area contributed by atoms with Gasteiger partial charge in [0.1, 0.15) is 18.1 Å². The van der Waals surface area contributed by atoms with E-state index in [1.54, 1.807) is 7.11 Å². The number of hydrogen-bond donors (Lipinski definition) is 1. The third-order valence-corrected chi connectivity index (χ3v) is 4.92. The summed E-state index contributed by atoms with van der Waals surface area (Å²) < 4.78 is 11.1. The highest BCUT2D eigenvalue weighted by Crippen LogP contribution is 2.22. The van der Waals surface area contributed by atoms with Crippen LogP contribution < -0.4 is 14.8 Å². The van der Waals surface area contributed by atoms with Crippen molar-refractivity contribution >= 4 is 5.91 Å². The fourth-order valence-electron chi connectivity index (χ4n) is 3.17. The molecule has 0 aliphatic rings. The van der Waals surface area contributed by atoms with Gasteiger partial charge in [-0.25, -0.2) is 0 Å². The molecule has 1 N–H and O–H groups in total. The summed E-state index contributed by atoms with van der Waals surface area (Å²) in [7, 11) is 5.65. The van der Waals surface area contributed by atoms with Crippen LogP contribution in [0.3, 0.4) is 0 Å². The summed E-state index contributed by atoms with van der Waals surface area (Å²) in [5, 5.41) is 3.04. The average molecular weight is 405 g/mol. The van der Waals surface area contributed by atoms with E-state index in [0.717, 1.165) is 22.6 Å². The number of nitrogens with one attached hydrogen (secondary N) is 1. The molecule has 3 aromatic rings. The van der Waals surface area contributed by atoms with Gasteiger partial charge in [0.15, 0.2) is 0 Å². The number of nitrogens with zero attached hydrogens (tertiary/aromatic N) is 1. The first kappa shape index (κ1) is 21.4. The van der Waals surface area contributed by atoms with Crippen molar-refractivity contribution in [1.29, 1.82) is 0 Å². The van der Waals surface area contributed by atoms with Crippen molar-refractivity contribution in [3.8, 4) is 11.5 Å². The molecule has 0 saturated carbocycles. The number of carbonyl (C=O) groups excluding carboxylic acids is 1. The molecule has 1 atom stereocenters. The van der Waals surface area contributed by atoms with Gasteiger partial charge in [-0.2, -0.15) is 0 Å².